The van der Waals surface area contributed by atoms with E-state index in [2.05, 4.69) is 0 Å². The van der Waals surface area contributed by atoms with Crippen molar-refractivity contribution in [2.24, 2.45) is 0 Å². The highest BCUT2D eigenvalue weighted by Crippen LogP contribution is 2.29. The zero-order chi connectivity index (χ0) is 14.6. The monoisotopic (exact) mass is 276 g/mol. The van der Waals surface area contributed by atoms with Crippen LogP contribution in [0.15, 0.2) is 60.7 Å². The number of benzene rings is 2. The van der Waals surface area contributed by atoms with Gasteiger partial charge < -0.3 is 0 Å². The van der Waals surface area contributed by atoms with E-state index < -0.39 is 11.7 Å². The minimum atomic E-state index is -4.39. The molecule has 0 heterocycles. The number of rotatable bonds is 3. The zero-order valence-corrected chi connectivity index (χ0v) is 10.4. The minimum Gasteiger partial charge on any atom is -0.289 e. The summed E-state index contributed by atoms with van der Waals surface area (Å²) in [4.78, 5) is 11.8. The van der Waals surface area contributed by atoms with E-state index in [9.17, 15) is 18.0 Å². The van der Waals surface area contributed by atoms with Crippen LogP contribution < -0.4 is 0 Å². The molecule has 2 aromatic carbocycles. The van der Waals surface area contributed by atoms with Gasteiger partial charge in [-0.15, -0.1) is 0 Å². The Kier molecular flexibility index (Phi) is 4.03. The molecule has 0 N–H and O–H groups in total. The normalized spacial score (nSPS) is 11.8. The molecule has 0 aliphatic carbocycles. The summed E-state index contributed by atoms with van der Waals surface area (Å²) in [6.45, 7) is 0. The first-order valence-electron chi connectivity index (χ1n) is 5.91. The fourth-order valence-electron chi connectivity index (χ4n) is 1.66. The molecular formula is C16H11F3O. The molecule has 0 fully saturated rings. The average molecular weight is 276 g/mol. The molecule has 20 heavy (non-hydrogen) atoms. The van der Waals surface area contributed by atoms with Crippen LogP contribution in [0.1, 0.15) is 21.5 Å². The molecule has 2 rings (SSSR count). The topological polar surface area (TPSA) is 17.1 Å². The van der Waals surface area contributed by atoms with E-state index in [0.717, 1.165) is 17.7 Å². The third-order valence-corrected chi connectivity index (χ3v) is 2.72. The molecule has 4 heteroatoms. The number of ketones is 1. The standard InChI is InChI=1S/C16H11F3O/c17-16(18,19)14-9-7-13(8-10-14)15(20)11-6-12-4-2-1-3-5-12/h1-11H/b11-6-. The lowest BCUT2D eigenvalue weighted by Gasteiger charge is -2.06. The zero-order valence-electron chi connectivity index (χ0n) is 10.4. The van der Waals surface area contributed by atoms with E-state index in [-0.39, 0.29) is 11.3 Å². The van der Waals surface area contributed by atoms with E-state index in [1.807, 2.05) is 30.3 Å². The van der Waals surface area contributed by atoms with Gasteiger partial charge in [0.2, 0.25) is 0 Å². The molecule has 0 aliphatic rings. The minimum absolute atomic E-state index is 0.227. The lowest BCUT2D eigenvalue weighted by Crippen LogP contribution is -2.05. The van der Waals surface area contributed by atoms with Crippen molar-refractivity contribution < 1.29 is 18.0 Å². The molecule has 0 saturated heterocycles. The van der Waals surface area contributed by atoms with E-state index in [0.29, 0.717) is 0 Å². The molecule has 0 unspecified atom stereocenters. The predicted octanol–water partition coefficient (Wildman–Crippen LogP) is 4.60. The van der Waals surface area contributed by atoms with Gasteiger partial charge in [-0.25, -0.2) is 0 Å². The van der Waals surface area contributed by atoms with Gasteiger partial charge in [-0.2, -0.15) is 13.2 Å². The van der Waals surface area contributed by atoms with Crippen LogP contribution in [-0.2, 0) is 6.18 Å². The first kappa shape index (κ1) is 14.1. The smallest absolute Gasteiger partial charge is 0.289 e. The maximum atomic E-state index is 12.4. The molecule has 0 aliphatic heterocycles. The molecular weight excluding hydrogens is 265 g/mol. The highest BCUT2D eigenvalue weighted by atomic mass is 19.4. The van der Waals surface area contributed by atoms with Crippen molar-refractivity contribution >= 4 is 11.9 Å². The van der Waals surface area contributed by atoms with Crippen molar-refractivity contribution in [3.8, 4) is 0 Å². The Bertz CT molecular complexity index is 610. The molecule has 0 atom stereocenters. The van der Waals surface area contributed by atoms with Crippen molar-refractivity contribution in [1.29, 1.82) is 0 Å². The van der Waals surface area contributed by atoms with E-state index in [1.165, 1.54) is 18.2 Å². The van der Waals surface area contributed by atoms with Gasteiger partial charge in [-0.3, -0.25) is 4.79 Å². The van der Waals surface area contributed by atoms with Gasteiger partial charge in [0.25, 0.3) is 0 Å². The van der Waals surface area contributed by atoms with Crippen molar-refractivity contribution in [2.45, 2.75) is 6.18 Å². The van der Waals surface area contributed by atoms with Gasteiger partial charge in [0.1, 0.15) is 0 Å². The molecule has 0 bridgehead atoms. The van der Waals surface area contributed by atoms with Gasteiger partial charge in [-0.05, 0) is 23.8 Å². The second-order valence-electron chi connectivity index (χ2n) is 4.18. The summed E-state index contributed by atoms with van der Waals surface area (Å²) < 4.78 is 37.2. The first-order chi connectivity index (χ1) is 9.47. The van der Waals surface area contributed by atoms with E-state index >= 15 is 0 Å². The fourth-order valence-corrected chi connectivity index (χ4v) is 1.66. The summed E-state index contributed by atoms with van der Waals surface area (Å²) in [6.07, 6.45) is -1.42. The Morgan fingerprint density at radius 2 is 1.50 bits per heavy atom. The van der Waals surface area contributed by atoms with Gasteiger partial charge >= 0.3 is 6.18 Å². The van der Waals surface area contributed by atoms with E-state index in [1.54, 1.807) is 6.08 Å². The van der Waals surface area contributed by atoms with Gasteiger partial charge in [0.05, 0.1) is 5.56 Å². The van der Waals surface area contributed by atoms with Crippen molar-refractivity contribution in [2.75, 3.05) is 0 Å². The van der Waals surface area contributed by atoms with Crippen LogP contribution >= 0.6 is 0 Å². The molecule has 0 saturated carbocycles. The summed E-state index contributed by atoms with van der Waals surface area (Å²) in [5, 5.41) is 0. The summed E-state index contributed by atoms with van der Waals surface area (Å²) in [5.74, 6) is -0.331. The van der Waals surface area contributed by atoms with Crippen LogP contribution in [0.3, 0.4) is 0 Å². The van der Waals surface area contributed by atoms with Crippen LogP contribution in [0.2, 0.25) is 0 Å². The molecule has 102 valence electrons. The molecule has 0 spiro atoms. The van der Waals surface area contributed by atoms with Crippen molar-refractivity contribution in [1.82, 2.24) is 0 Å². The lowest BCUT2D eigenvalue weighted by atomic mass is 10.1. The number of halogens is 3. The highest BCUT2D eigenvalue weighted by molar-refractivity contribution is 6.06. The number of allylic oxidation sites excluding steroid dienone is 1. The number of hydrogen-bond donors (Lipinski definition) is 0. The SMILES string of the molecule is O=C(/C=C\c1ccccc1)c1ccc(C(F)(F)F)cc1. The maximum absolute atomic E-state index is 12.4. The van der Waals surface area contributed by atoms with Crippen LogP contribution in [0.5, 0.6) is 0 Å². The van der Waals surface area contributed by atoms with Crippen molar-refractivity contribution in [3.05, 3.63) is 77.4 Å². The summed E-state index contributed by atoms with van der Waals surface area (Å²) in [6, 6.07) is 13.4. The fraction of sp³-hybridized carbons (Fsp3) is 0.0625. The molecule has 0 amide bonds. The first-order valence-corrected chi connectivity index (χ1v) is 5.91. The van der Waals surface area contributed by atoms with Crippen LogP contribution in [0, 0.1) is 0 Å². The van der Waals surface area contributed by atoms with Gasteiger partial charge in [-0.1, -0.05) is 48.5 Å². The summed E-state index contributed by atoms with van der Waals surface area (Å²) in [5.41, 5.74) is 0.319. The Morgan fingerprint density at radius 1 is 0.900 bits per heavy atom. The number of alkyl halides is 3. The van der Waals surface area contributed by atoms with E-state index in [4.69, 9.17) is 0 Å². The number of hydrogen-bond acceptors (Lipinski definition) is 1. The quantitative estimate of drug-likeness (QED) is 0.591. The molecule has 2 aromatic rings. The average Bonchev–Trinajstić information content (AvgIpc) is 2.45. The predicted molar refractivity (Wildman–Crippen MR) is 71.3 cm³/mol. The van der Waals surface area contributed by atoms with Gasteiger partial charge in [0, 0.05) is 5.56 Å². The summed E-state index contributed by atoms with van der Waals surface area (Å²) >= 11 is 0. The number of carbonyl (C=O) groups is 1. The summed E-state index contributed by atoms with van der Waals surface area (Å²) in [7, 11) is 0. The maximum Gasteiger partial charge on any atom is 0.416 e. The molecule has 0 aromatic heterocycles. The largest absolute Gasteiger partial charge is 0.416 e. The Hall–Kier alpha value is -2.36. The Labute approximate surface area is 114 Å². The molecule has 1 nitrogen and oxygen atoms in total. The van der Waals surface area contributed by atoms with Crippen LogP contribution in [0.25, 0.3) is 6.08 Å². The second-order valence-corrected chi connectivity index (χ2v) is 4.18. The molecule has 0 radical (unpaired) electrons. The third kappa shape index (κ3) is 3.57. The highest BCUT2D eigenvalue weighted by Gasteiger charge is 2.30. The third-order valence-electron chi connectivity index (χ3n) is 2.72. The number of carbonyl (C=O) groups excluding carboxylic acids is 1. The van der Waals surface area contributed by atoms with Crippen molar-refractivity contribution in [3.63, 3.8) is 0 Å². The van der Waals surface area contributed by atoms with Crippen LogP contribution in [-0.4, -0.2) is 5.78 Å². The van der Waals surface area contributed by atoms with Gasteiger partial charge in [0.15, 0.2) is 5.78 Å². The Morgan fingerprint density at radius 3 is 2.05 bits per heavy atom. The Balaban J connectivity index is 2.12. The lowest BCUT2D eigenvalue weighted by molar-refractivity contribution is -0.137. The second kappa shape index (κ2) is 5.74. The van der Waals surface area contributed by atoms with Crippen LogP contribution in [0.4, 0.5) is 13.2 Å².